The van der Waals surface area contributed by atoms with E-state index in [4.69, 9.17) is 16.3 Å². The van der Waals surface area contributed by atoms with Crippen molar-refractivity contribution >= 4 is 56.2 Å². The summed E-state index contributed by atoms with van der Waals surface area (Å²) in [6.45, 7) is 3.83. The molecule has 0 bridgehead atoms. The molecule has 0 aliphatic carbocycles. The average Bonchev–Trinajstić information content (AvgIpc) is 3.08. The molecule has 3 rings (SSSR count). The predicted molar refractivity (Wildman–Crippen MR) is 101 cm³/mol. The van der Waals surface area contributed by atoms with Crippen LogP contribution in [0.4, 0.5) is 0 Å². The Morgan fingerprint density at radius 2 is 1.96 bits per heavy atom. The molecule has 3 aromatic rings. The number of carbonyl (C=O) groups excluding carboxylic acids is 2. The summed E-state index contributed by atoms with van der Waals surface area (Å²) in [5.41, 5.74) is 0.706. The minimum atomic E-state index is -0.418. The zero-order valence-electron chi connectivity index (χ0n) is 13.8. The Hall–Kier alpha value is -1.96. The van der Waals surface area contributed by atoms with E-state index in [-0.39, 0.29) is 0 Å². The summed E-state index contributed by atoms with van der Waals surface area (Å²) in [7, 11) is 1.76. The molecule has 2 heterocycles. The molecule has 1 aromatic carbocycles. The maximum absolute atomic E-state index is 12.6. The quantitative estimate of drug-likeness (QED) is 0.626. The van der Waals surface area contributed by atoms with Gasteiger partial charge in [0.15, 0.2) is 4.80 Å². The van der Waals surface area contributed by atoms with E-state index in [2.05, 4.69) is 4.99 Å². The van der Waals surface area contributed by atoms with E-state index in [1.165, 1.54) is 11.3 Å². The molecule has 0 saturated heterocycles. The first-order chi connectivity index (χ1) is 11.9. The van der Waals surface area contributed by atoms with Gasteiger partial charge in [-0.3, -0.25) is 4.79 Å². The number of aromatic nitrogens is 1. The molecule has 25 heavy (non-hydrogen) atoms. The minimum Gasteiger partial charge on any atom is -0.462 e. The molecule has 0 aliphatic heterocycles. The topological polar surface area (TPSA) is 60.7 Å². The number of ether oxygens (including phenoxy) is 1. The third-order valence-corrected chi connectivity index (χ3v) is 6.58. The fraction of sp³-hybridized carbons (Fsp3) is 0.235. The summed E-state index contributed by atoms with van der Waals surface area (Å²) in [4.78, 5) is 30.0. The number of halogens is 1. The molecule has 1 amide bonds. The van der Waals surface area contributed by atoms with Crippen LogP contribution in [-0.4, -0.2) is 23.1 Å². The van der Waals surface area contributed by atoms with Crippen molar-refractivity contribution in [2.24, 2.45) is 12.0 Å². The van der Waals surface area contributed by atoms with E-state index < -0.39 is 11.9 Å². The summed E-state index contributed by atoms with van der Waals surface area (Å²) >= 11 is 8.78. The Labute approximate surface area is 157 Å². The third kappa shape index (κ3) is 3.27. The Morgan fingerprint density at radius 1 is 1.24 bits per heavy atom. The van der Waals surface area contributed by atoms with Crippen LogP contribution in [0.3, 0.4) is 0 Å². The first kappa shape index (κ1) is 17.8. The number of thiazole rings is 1. The Bertz CT molecular complexity index is 1050. The Morgan fingerprint density at radius 3 is 2.64 bits per heavy atom. The van der Waals surface area contributed by atoms with Crippen molar-refractivity contribution in [3.05, 3.63) is 49.5 Å². The number of rotatable bonds is 3. The Balaban J connectivity index is 2.05. The zero-order valence-corrected chi connectivity index (χ0v) is 16.2. The van der Waals surface area contributed by atoms with Crippen molar-refractivity contribution < 1.29 is 14.3 Å². The second-order valence-corrected chi connectivity index (χ2v) is 7.64. The van der Waals surface area contributed by atoms with Gasteiger partial charge in [0.1, 0.15) is 9.75 Å². The third-order valence-electron chi connectivity index (χ3n) is 3.70. The molecule has 0 spiro atoms. The number of hydrogen-bond acceptors (Lipinski definition) is 5. The summed E-state index contributed by atoms with van der Waals surface area (Å²) in [6.07, 6.45) is 0. The zero-order chi connectivity index (χ0) is 18.1. The SMILES string of the molecule is CCOC(=O)c1sc(=NC(=O)c2sc3ccccc3c2Cl)n(C)c1C. The van der Waals surface area contributed by atoms with Gasteiger partial charge < -0.3 is 9.30 Å². The molecule has 0 aliphatic rings. The molecule has 130 valence electrons. The first-order valence-corrected chi connectivity index (χ1v) is 9.54. The van der Waals surface area contributed by atoms with Gasteiger partial charge >= 0.3 is 5.97 Å². The van der Waals surface area contributed by atoms with Gasteiger partial charge in [0.2, 0.25) is 0 Å². The number of thiophene rings is 1. The van der Waals surface area contributed by atoms with Crippen molar-refractivity contribution in [2.75, 3.05) is 6.61 Å². The fourth-order valence-electron chi connectivity index (χ4n) is 2.30. The van der Waals surface area contributed by atoms with E-state index >= 15 is 0 Å². The predicted octanol–water partition coefficient (Wildman–Crippen LogP) is 4.18. The van der Waals surface area contributed by atoms with Crippen LogP contribution in [-0.2, 0) is 11.8 Å². The molecular formula is C17H15ClN2O3S2. The standard InChI is InChI=1S/C17H15ClN2O3S2/c1-4-23-16(22)13-9(2)20(3)17(25-13)19-15(21)14-12(18)10-7-5-6-8-11(10)24-14/h5-8H,4H2,1-3H3. The van der Waals surface area contributed by atoms with Crippen LogP contribution >= 0.6 is 34.3 Å². The van der Waals surface area contributed by atoms with E-state index in [0.717, 1.165) is 21.4 Å². The lowest BCUT2D eigenvalue weighted by atomic mass is 10.2. The van der Waals surface area contributed by atoms with E-state index in [1.54, 1.807) is 25.5 Å². The highest BCUT2D eigenvalue weighted by atomic mass is 35.5. The molecule has 2 aromatic heterocycles. The molecular weight excluding hydrogens is 380 g/mol. The van der Waals surface area contributed by atoms with Crippen LogP contribution in [0.2, 0.25) is 5.02 Å². The lowest BCUT2D eigenvalue weighted by Gasteiger charge is -2.00. The van der Waals surface area contributed by atoms with E-state index in [1.807, 2.05) is 24.3 Å². The van der Waals surface area contributed by atoms with Crippen molar-refractivity contribution in [1.82, 2.24) is 4.57 Å². The molecule has 0 unspecified atom stereocenters. The van der Waals surface area contributed by atoms with Gasteiger partial charge in [0, 0.05) is 22.8 Å². The molecule has 0 atom stereocenters. The molecule has 5 nitrogen and oxygen atoms in total. The van der Waals surface area contributed by atoms with Gasteiger partial charge in [-0.05, 0) is 19.9 Å². The van der Waals surface area contributed by atoms with Gasteiger partial charge in [-0.1, -0.05) is 41.1 Å². The van der Waals surface area contributed by atoms with Gasteiger partial charge in [-0.15, -0.1) is 11.3 Å². The fourth-order valence-corrected chi connectivity index (χ4v) is 4.71. The van der Waals surface area contributed by atoms with Gasteiger partial charge in [0.05, 0.1) is 11.6 Å². The number of fused-ring (bicyclic) bond motifs is 1. The number of amides is 1. The summed E-state index contributed by atoms with van der Waals surface area (Å²) in [5.74, 6) is -0.826. The number of hydrogen-bond donors (Lipinski definition) is 0. The van der Waals surface area contributed by atoms with Crippen molar-refractivity contribution in [3.8, 4) is 0 Å². The second kappa shape index (κ2) is 7.11. The van der Waals surface area contributed by atoms with Gasteiger partial charge in [0.25, 0.3) is 5.91 Å². The van der Waals surface area contributed by atoms with E-state index in [0.29, 0.717) is 31.9 Å². The van der Waals surface area contributed by atoms with Crippen LogP contribution in [0.25, 0.3) is 10.1 Å². The summed E-state index contributed by atoms with van der Waals surface area (Å²) < 4.78 is 7.68. The highest BCUT2D eigenvalue weighted by Crippen LogP contribution is 2.35. The lowest BCUT2D eigenvalue weighted by molar-refractivity contribution is 0.0530. The number of nitrogens with zero attached hydrogens (tertiary/aromatic N) is 2. The lowest BCUT2D eigenvalue weighted by Crippen LogP contribution is -2.14. The molecule has 0 N–H and O–H groups in total. The molecule has 0 saturated carbocycles. The molecule has 0 fully saturated rings. The molecule has 0 radical (unpaired) electrons. The highest BCUT2D eigenvalue weighted by Gasteiger charge is 2.19. The largest absolute Gasteiger partial charge is 0.462 e. The number of benzene rings is 1. The average molecular weight is 395 g/mol. The van der Waals surface area contributed by atoms with Crippen molar-refractivity contribution in [2.45, 2.75) is 13.8 Å². The normalized spacial score (nSPS) is 11.9. The van der Waals surface area contributed by atoms with Crippen molar-refractivity contribution in [1.29, 1.82) is 0 Å². The number of esters is 1. The minimum absolute atomic E-state index is 0.294. The maximum atomic E-state index is 12.6. The highest BCUT2D eigenvalue weighted by molar-refractivity contribution is 7.21. The monoisotopic (exact) mass is 394 g/mol. The number of carbonyl (C=O) groups is 2. The summed E-state index contributed by atoms with van der Waals surface area (Å²) in [6, 6.07) is 7.56. The second-order valence-electron chi connectivity index (χ2n) is 5.24. The first-order valence-electron chi connectivity index (χ1n) is 7.53. The van der Waals surface area contributed by atoms with Crippen LogP contribution < -0.4 is 4.80 Å². The van der Waals surface area contributed by atoms with Crippen LogP contribution in [0.1, 0.15) is 32.0 Å². The van der Waals surface area contributed by atoms with Gasteiger partial charge in [-0.2, -0.15) is 4.99 Å². The smallest absolute Gasteiger partial charge is 0.350 e. The van der Waals surface area contributed by atoms with Crippen molar-refractivity contribution in [3.63, 3.8) is 0 Å². The van der Waals surface area contributed by atoms with Crippen LogP contribution in [0, 0.1) is 6.92 Å². The molecule has 8 heteroatoms. The van der Waals surface area contributed by atoms with E-state index in [9.17, 15) is 9.59 Å². The van der Waals surface area contributed by atoms with Gasteiger partial charge in [-0.25, -0.2) is 4.79 Å². The summed E-state index contributed by atoms with van der Waals surface area (Å²) in [5, 5.41) is 1.25. The maximum Gasteiger partial charge on any atom is 0.350 e. The van der Waals surface area contributed by atoms with Crippen LogP contribution in [0.15, 0.2) is 29.3 Å². The van der Waals surface area contributed by atoms with Crippen LogP contribution in [0.5, 0.6) is 0 Å². The Kier molecular flexibility index (Phi) is 5.08.